The van der Waals surface area contributed by atoms with Crippen LogP contribution in [-0.2, 0) is 13.0 Å². The van der Waals surface area contributed by atoms with Gasteiger partial charge in [-0.05, 0) is 48.4 Å². The molecule has 0 saturated heterocycles. The topological polar surface area (TPSA) is 64.9 Å². The van der Waals surface area contributed by atoms with Gasteiger partial charge in [0.1, 0.15) is 0 Å². The zero-order valence-electron chi connectivity index (χ0n) is 11.5. The summed E-state index contributed by atoms with van der Waals surface area (Å²) in [4.78, 5) is 12.3. The maximum Gasteiger partial charge on any atom is 0.255 e. The summed E-state index contributed by atoms with van der Waals surface area (Å²) in [5.74, 6) is -0.189. The van der Waals surface area contributed by atoms with Crippen molar-refractivity contribution in [3.8, 4) is 6.07 Å². The minimum atomic E-state index is -0.189. The fraction of sp³-hybridized carbons (Fsp3) is 0.176. The highest BCUT2D eigenvalue weighted by Gasteiger charge is 2.14. The second kappa shape index (κ2) is 5.78. The van der Waals surface area contributed by atoms with Crippen molar-refractivity contribution in [3.05, 3.63) is 64.7 Å². The molecule has 0 saturated carbocycles. The van der Waals surface area contributed by atoms with E-state index < -0.39 is 0 Å². The second-order valence-electron chi connectivity index (χ2n) is 5.02. The van der Waals surface area contributed by atoms with Crippen molar-refractivity contribution in [2.45, 2.75) is 13.0 Å². The summed E-state index contributed by atoms with van der Waals surface area (Å²) in [6.07, 6.45) is 0.975. The standard InChI is InChI=1S/C17H15N3O/c18-10-12-3-1-5-14(9-12)17(21)20-16-6-2-4-13-7-8-19-11-15(13)16/h1-6,9,19H,7-8,11H2,(H,20,21). The quantitative estimate of drug-likeness (QED) is 0.886. The third-order valence-electron chi connectivity index (χ3n) is 3.65. The molecule has 2 aromatic carbocycles. The first kappa shape index (κ1) is 13.3. The number of nitrogens with one attached hydrogen (secondary N) is 2. The number of rotatable bonds is 2. The zero-order chi connectivity index (χ0) is 14.7. The Morgan fingerprint density at radius 1 is 1.24 bits per heavy atom. The molecular weight excluding hydrogens is 262 g/mol. The van der Waals surface area contributed by atoms with E-state index >= 15 is 0 Å². The molecule has 0 radical (unpaired) electrons. The van der Waals surface area contributed by atoms with Crippen LogP contribution in [0.4, 0.5) is 5.69 Å². The molecule has 0 fully saturated rings. The van der Waals surface area contributed by atoms with Gasteiger partial charge in [-0.15, -0.1) is 0 Å². The van der Waals surface area contributed by atoms with Crippen molar-refractivity contribution in [1.29, 1.82) is 5.26 Å². The van der Waals surface area contributed by atoms with Crippen LogP contribution in [0.25, 0.3) is 0 Å². The van der Waals surface area contributed by atoms with Gasteiger partial charge in [0.05, 0.1) is 11.6 Å². The molecule has 4 nitrogen and oxygen atoms in total. The number of carbonyl (C=O) groups is 1. The summed E-state index contributed by atoms with van der Waals surface area (Å²) >= 11 is 0. The van der Waals surface area contributed by atoms with Crippen molar-refractivity contribution in [1.82, 2.24) is 5.32 Å². The van der Waals surface area contributed by atoms with Gasteiger partial charge in [-0.1, -0.05) is 18.2 Å². The number of hydrogen-bond acceptors (Lipinski definition) is 3. The maximum absolute atomic E-state index is 12.3. The van der Waals surface area contributed by atoms with Crippen molar-refractivity contribution in [2.24, 2.45) is 0 Å². The third-order valence-corrected chi connectivity index (χ3v) is 3.65. The third kappa shape index (κ3) is 2.78. The van der Waals surface area contributed by atoms with Crippen LogP contribution in [0.2, 0.25) is 0 Å². The molecule has 1 aliphatic heterocycles. The number of amides is 1. The highest BCUT2D eigenvalue weighted by molar-refractivity contribution is 6.04. The first-order valence-corrected chi connectivity index (χ1v) is 6.91. The molecule has 1 amide bonds. The van der Waals surface area contributed by atoms with Crippen molar-refractivity contribution < 1.29 is 4.79 Å². The Hall–Kier alpha value is -2.64. The highest BCUT2D eigenvalue weighted by Crippen LogP contribution is 2.23. The van der Waals surface area contributed by atoms with Gasteiger partial charge in [0.25, 0.3) is 5.91 Å². The van der Waals surface area contributed by atoms with Gasteiger partial charge in [-0.25, -0.2) is 0 Å². The van der Waals surface area contributed by atoms with Crippen LogP contribution in [0.3, 0.4) is 0 Å². The van der Waals surface area contributed by atoms with Crippen molar-refractivity contribution in [3.63, 3.8) is 0 Å². The molecule has 0 aromatic heterocycles. The summed E-state index contributed by atoms with van der Waals surface area (Å²) in [6, 6.07) is 14.7. The summed E-state index contributed by atoms with van der Waals surface area (Å²) < 4.78 is 0. The second-order valence-corrected chi connectivity index (χ2v) is 5.02. The van der Waals surface area contributed by atoms with Crippen LogP contribution in [0, 0.1) is 11.3 Å². The molecule has 0 spiro atoms. The molecule has 104 valence electrons. The first-order chi connectivity index (χ1) is 10.3. The predicted octanol–water partition coefficient (Wildman–Crippen LogP) is 2.46. The molecule has 0 unspecified atom stereocenters. The Morgan fingerprint density at radius 3 is 2.95 bits per heavy atom. The van der Waals surface area contributed by atoms with Gasteiger partial charge in [0.2, 0.25) is 0 Å². The zero-order valence-corrected chi connectivity index (χ0v) is 11.5. The first-order valence-electron chi connectivity index (χ1n) is 6.91. The van der Waals surface area contributed by atoms with Gasteiger partial charge >= 0.3 is 0 Å². The summed E-state index contributed by atoms with van der Waals surface area (Å²) in [7, 11) is 0. The van der Waals surface area contributed by atoms with E-state index in [9.17, 15) is 4.79 Å². The molecule has 2 N–H and O–H groups in total. The van der Waals surface area contributed by atoms with Crippen LogP contribution in [-0.4, -0.2) is 12.5 Å². The van der Waals surface area contributed by atoms with Crippen molar-refractivity contribution >= 4 is 11.6 Å². The van der Waals surface area contributed by atoms with Gasteiger partial charge in [-0.3, -0.25) is 4.79 Å². The highest BCUT2D eigenvalue weighted by atomic mass is 16.1. The van der Waals surface area contributed by atoms with Gasteiger partial charge in [-0.2, -0.15) is 5.26 Å². The molecule has 21 heavy (non-hydrogen) atoms. The van der Waals surface area contributed by atoms with Crippen LogP contribution >= 0.6 is 0 Å². The number of benzene rings is 2. The van der Waals surface area contributed by atoms with E-state index in [0.29, 0.717) is 11.1 Å². The number of nitriles is 1. The SMILES string of the molecule is N#Cc1cccc(C(=O)Nc2cccc3c2CNCC3)c1. The molecule has 0 aliphatic carbocycles. The van der Waals surface area contributed by atoms with E-state index in [4.69, 9.17) is 5.26 Å². The number of anilines is 1. The number of fused-ring (bicyclic) bond motifs is 1. The summed E-state index contributed by atoms with van der Waals surface area (Å²) in [5, 5.41) is 15.2. The van der Waals surface area contributed by atoms with E-state index in [1.165, 1.54) is 5.56 Å². The average molecular weight is 277 g/mol. The van der Waals surface area contributed by atoms with Crippen LogP contribution in [0.5, 0.6) is 0 Å². The van der Waals surface area contributed by atoms with Crippen LogP contribution in [0.1, 0.15) is 27.0 Å². The monoisotopic (exact) mass is 277 g/mol. The maximum atomic E-state index is 12.3. The minimum Gasteiger partial charge on any atom is -0.322 e. The molecule has 2 aromatic rings. The summed E-state index contributed by atoms with van der Waals surface area (Å²) in [6.45, 7) is 1.73. The summed E-state index contributed by atoms with van der Waals surface area (Å²) in [5.41, 5.74) is 4.24. The molecule has 4 heteroatoms. The average Bonchev–Trinajstić information content (AvgIpc) is 2.55. The van der Waals surface area contributed by atoms with E-state index in [1.807, 2.05) is 18.2 Å². The Kier molecular flexibility index (Phi) is 3.67. The number of hydrogen-bond donors (Lipinski definition) is 2. The fourth-order valence-electron chi connectivity index (χ4n) is 2.56. The largest absolute Gasteiger partial charge is 0.322 e. The molecule has 3 rings (SSSR count). The number of carbonyl (C=O) groups excluding carboxylic acids is 1. The molecule has 1 heterocycles. The van der Waals surface area contributed by atoms with Crippen LogP contribution < -0.4 is 10.6 Å². The van der Waals surface area contributed by atoms with E-state index in [0.717, 1.165) is 30.8 Å². The Bertz CT molecular complexity index is 731. The predicted molar refractivity (Wildman–Crippen MR) is 81.0 cm³/mol. The van der Waals surface area contributed by atoms with E-state index in [1.54, 1.807) is 24.3 Å². The molecule has 1 aliphatic rings. The number of nitrogens with zero attached hydrogens (tertiary/aromatic N) is 1. The van der Waals surface area contributed by atoms with Crippen molar-refractivity contribution in [2.75, 3.05) is 11.9 Å². The molecular formula is C17H15N3O. The van der Waals surface area contributed by atoms with Crippen LogP contribution in [0.15, 0.2) is 42.5 Å². The fourth-order valence-corrected chi connectivity index (χ4v) is 2.56. The minimum absolute atomic E-state index is 0.189. The lowest BCUT2D eigenvalue weighted by atomic mass is 9.99. The molecule has 0 bridgehead atoms. The molecule has 0 atom stereocenters. The van der Waals surface area contributed by atoms with E-state index in [-0.39, 0.29) is 5.91 Å². The lowest BCUT2D eigenvalue weighted by Gasteiger charge is -2.20. The lowest BCUT2D eigenvalue weighted by molar-refractivity contribution is 0.102. The normalized spacial score (nSPS) is 13.1. The van der Waals surface area contributed by atoms with Gasteiger partial charge in [0, 0.05) is 17.8 Å². The Morgan fingerprint density at radius 2 is 2.10 bits per heavy atom. The van der Waals surface area contributed by atoms with Gasteiger partial charge < -0.3 is 10.6 Å². The Labute approximate surface area is 123 Å². The smallest absolute Gasteiger partial charge is 0.255 e. The Balaban J connectivity index is 1.87. The lowest BCUT2D eigenvalue weighted by Crippen LogP contribution is -2.25. The van der Waals surface area contributed by atoms with Gasteiger partial charge in [0.15, 0.2) is 0 Å². The van der Waals surface area contributed by atoms with E-state index in [2.05, 4.69) is 16.7 Å².